The zero-order chi connectivity index (χ0) is 7.44. The maximum Gasteiger partial charge on any atom is 0.192 e. The maximum absolute atomic E-state index is 7.40. The molecule has 0 aromatic rings. The monoisotopic (exact) mass is 129 g/mol. The number of rotatable bonds is 1. The van der Waals surface area contributed by atoms with E-state index in [0.717, 1.165) is 6.54 Å². The van der Waals surface area contributed by atoms with Crippen molar-refractivity contribution in [2.45, 2.75) is 6.92 Å². The molecule has 0 radical (unpaired) electrons. The fourth-order valence-electron chi connectivity index (χ4n) is 0.491. The summed E-state index contributed by atoms with van der Waals surface area (Å²) in [5.74, 6) is 0.553. The Bertz CT molecular complexity index is 98.5. The highest BCUT2D eigenvalue weighted by Gasteiger charge is 2.01. The van der Waals surface area contributed by atoms with E-state index in [1.807, 2.05) is 33.0 Å². The van der Waals surface area contributed by atoms with Crippen LogP contribution in [-0.4, -0.2) is 43.4 Å². The number of nitrogens with one attached hydrogen (secondary N) is 1. The lowest BCUT2D eigenvalue weighted by molar-refractivity contribution is 0.436. The second-order valence-corrected chi connectivity index (χ2v) is 2.23. The van der Waals surface area contributed by atoms with Gasteiger partial charge >= 0.3 is 0 Å². The van der Waals surface area contributed by atoms with Gasteiger partial charge in [-0.3, -0.25) is 5.41 Å². The largest absolute Gasteiger partial charge is 0.349 e. The van der Waals surface area contributed by atoms with Gasteiger partial charge in [-0.15, -0.1) is 0 Å². The van der Waals surface area contributed by atoms with Crippen LogP contribution in [0.4, 0.5) is 0 Å². The summed E-state index contributed by atoms with van der Waals surface area (Å²) in [5.41, 5.74) is 0. The second kappa shape index (κ2) is 3.33. The first-order valence-corrected chi connectivity index (χ1v) is 3.06. The molecule has 0 heterocycles. The van der Waals surface area contributed by atoms with Crippen molar-refractivity contribution in [1.29, 1.82) is 5.41 Å². The summed E-state index contributed by atoms with van der Waals surface area (Å²) in [7, 11) is 5.64. The van der Waals surface area contributed by atoms with Crippen LogP contribution in [0, 0.1) is 5.41 Å². The number of hydrogen-bond donors (Lipinski definition) is 1. The molecule has 0 atom stereocenters. The Labute approximate surface area is 56.8 Å². The van der Waals surface area contributed by atoms with Crippen molar-refractivity contribution < 1.29 is 0 Å². The minimum absolute atomic E-state index is 0.553. The molecule has 0 unspecified atom stereocenters. The maximum atomic E-state index is 7.40. The quantitative estimate of drug-likeness (QED) is 0.411. The van der Waals surface area contributed by atoms with E-state index >= 15 is 0 Å². The van der Waals surface area contributed by atoms with Crippen LogP contribution in [0.3, 0.4) is 0 Å². The van der Waals surface area contributed by atoms with Gasteiger partial charge in [0, 0.05) is 27.7 Å². The van der Waals surface area contributed by atoms with Gasteiger partial charge in [0.05, 0.1) is 0 Å². The highest BCUT2D eigenvalue weighted by molar-refractivity contribution is 5.75. The molecule has 0 aliphatic carbocycles. The fraction of sp³-hybridized carbons (Fsp3) is 0.833. The summed E-state index contributed by atoms with van der Waals surface area (Å²) in [6.07, 6.45) is 0. The fourth-order valence-corrected chi connectivity index (χ4v) is 0.491. The molecule has 0 fully saturated rings. The molecule has 9 heavy (non-hydrogen) atoms. The summed E-state index contributed by atoms with van der Waals surface area (Å²) in [5, 5.41) is 7.40. The van der Waals surface area contributed by atoms with Gasteiger partial charge in [-0.25, -0.2) is 0 Å². The third-order valence-corrected chi connectivity index (χ3v) is 1.26. The predicted octanol–water partition coefficient (Wildman–Crippen LogP) is 0.434. The van der Waals surface area contributed by atoms with Crippen molar-refractivity contribution in [3.05, 3.63) is 0 Å². The van der Waals surface area contributed by atoms with Crippen LogP contribution in [0.1, 0.15) is 6.92 Å². The molecule has 0 aliphatic rings. The Morgan fingerprint density at radius 3 is 1.89 bits per heavy atom. The van der Waals surface area contributed by atoms with E-state index in [1.165, 1.54) is 0 Å². The first kappa shape index (κ1) is 8.27. The molecule has 3 heteroatoms. The summed E-state index contributed by atoms with van der Waals surface area (Å²) >= 11 is 0. The Morgan fingerprint density at radius 2 is 1.78 bits per heavy atom. The van der Waals surface area contributed by atoms with Gasteiger partial charge in [0.25, 0.3) is 0 Å². The third-order valence-electron chi connectivity index (χ3n) is 1.26. The van der Waals surface area contributed by atoms with Crippen molar-refractivity contribution in [3.8, 4) is 0 Å². The Morgan fingerprint density at radius 1 is 1.33 bits per heavy atom. The van der Waals surface area contributed by atoms with Crippen LogP contribution in [0.25, 0.3) is 0 Å². The van der Waals surface area contributed by atoms with Gasteiger partial charge in [-0.1, -0.05) is 0 Å². The lowest BCUT2D eigenvalue weighted by Gasteiger charge is -2.23. The van der Waals surface area contributed by atoms with Gasteiger partial charge in [0.15, 0.2) is 5.96 Å². The minimum Gasteiger partial charge on any atom is -0.349 e. The lowest BCUT2D eigenvalue weighted by atomic mass is 10.6. The first-order valence-electron chi connectivity index (χ1n) is 3.06. The van der Waals surface area contributed by atoms with Crippen molar-refractivity contribution in [2.24, 2.45) is 0 Å². The van der Waals surface area contributed by atoms with E-state index in [-0.39, 0.29) is 0 Å². The molecule has 3 nitrogen and oxygen atoms in total. The Balaban J connectivity index is 3.73. The SMILES string of the molecule is CCN(C)C(=N)N(C)C. The van der Waals surface area contributed by atoms with Gasteiger partial charge in [-0.2, -0.15) is 0 Å². The van der Waals surface area contributed by atoms with E-state index in [9.17, 15) is 0 Å². The van der Waals surface area contributed by atoms with Crippen LogP contribution >= 0.6 is 0 Å². The van der Waals surface area contributed by atoms with E-state index in [2.05, 4.69) is 0 Å². The molecule has 54 valence electrons. The van der Waals surface area contributed by atoms with Crippen molar-refractivity contribution >= 4 is 5.96 Å². The summed E-state index contributed by atoms with van der Waals surface area (Å²) in [6, 6.07) is 0. The van der Waals surface area contributed by atoms with E-state index in [4.69, 9.17) is 5.41 Å². The topological polar surface area (TPSA) is 30.3 Å². The van der Waals surface area contributed by atoms with Gasteiger partial charge in [0.1, 0.15) is 0 Å². The minimum atomic E-state index is 0.553. The zero-order valence-electron chi connectivity index (χ0n) is 6.60. The number of nitrogens with zero attached hydrogens (tertiary/aromatic N) is 2. The van der Waals surface area contributed by atoms with Crippen molar-refractivity contribution in [2.75, 3.05) is 27.7 Å². The molecule has 0 aromatic carbocycles. The van der Waals surface area contributed by atoms with Gasteiger partial charge in [-0.05, 0) is 6.92 Å². The summed E-state index contributed by atoms with van der Waals surface area (Å²) < 4.78 is 0. The molecule has 0 rings (SSSR count). The van der Waals surface area contributed by atoms with Crippen LogP contribution in [-0.2, 0) is 0 Å². The highest BCUT2D eigenvalue weighted by atomic mass is 15.3. The molecule has 1 N–H and O–H groups in total. The molecular weight excluding hydrogens is 114 g/mol. The summed E-state index contributed by atoms with van der Waals surface area (Å²) in [4.78, 5) is 3.66. The highest BCUT2D eigenvalue weighted by Crippen LogP contribution is 1.85. The molecule has 0 spiro atoms. The normalized spacial score (nSPS) is 8.89. The average Bonchev–Trinajstić information content (AvgIpc) is 1.84. The molecule has 0 amide bonds. The number of guanidine groups is 1. The van der Waals surface area contributed by atoms with Crippen LogP contribution in [0.5, 0.6) is 0 Å². The van der Waals surface area contributed by atoms with Crippen molar-refractivity contribution in [3.63, 3.8) is 0 Å². The van der Waals surface area contributed by atoms with Gasteiger partial charge < -0.3 is 9.80 Å². The standard InChI is InChI=1S/C6H15N3/c1-5-9(4)6(7)8(2)3/h7H,5H2,1-4H3. The van der Waals surface area contributed by atoms with E-state index in [1.54, 1.807) is 4.90 Å². The average molecular weight is 129 g/mol. The third kappa shape index (κ3) is 2.35. The molecule has 0 bridgehead atoms. The summed E-state index contributed by atoms with van der Waals surface area (Å²) in [6.45, 7) is 2.91. The molecule has 0 aromatic heterocycles. The molecular formula is C6H15N3. The smallest absolute Gasteiger partial charge is 0.192 e. The van der Waals surface area contributed by atoms with Gasteiger partial charge in [0.2, 0.25) is 0 Å². The zero-order valence-corrected chi connectivity index (χ0v) is 6.60. The predicted molar refractivity (Wildman–Crippen MR) is 39.7 cm³/mol. The van der Waals surface area contributed by atoms with E-state index < -0.39 is 0 Å². The Hall–Kier alpha value is -0.730. The molecule has 0 saturated carbocycles. The lowest BCUT2D eigenvalue weighted by Crippen LogP contribution is -2.36. The second-order valence-electron chi connectivity index (χ2n) is 2.23. The first-order chi connectivity index (χ1) is 4.09. The van der Waals surface area contributed by atoms with Crippen molar-refractivity contribution in [1.82, 2.24) is 9.80 Å². The Kier molecular flexibility index (Phi) is 3.06. The van der Waals surface area contributed by atoms with E-state index in [0.29, 0.717) is 5.96 Å². The van der Waals surface area contributed by atoms with Crippen LogP contribution < -0.4 is 0 Å². The number of hydrogen-bond acceptors (Lipinski definition) is 1. The molecule has 0 aliphatic heterocycles. The molecule has 0 saturated heterocycles. The van der Waals surface area contributed by atoms with Crippen LogP contribution in [0.2, 0.25) is 0 Å². The van der Waals surface area contributed by atoms with Crippen LogP contribution in [0.15, 0.2) is 0 Å².